The van der Waals surface area contributed by atoms with Crippen LogP contribution in [-0.4, -0.2) is 34.9 Å². The molecule has 324 valence electrons. The van der Waals surface area contributed by atoms with E-state index in [0.717, 1.165) is 64.2 Å². The fourth-order valence-corrected chi connectivity index (χ4v) is 6.92. The van der Waals surface area contributed by atoms with Crippen molar-refractivity contribution in [1.82, 2.24) is 5.32 Å². The molecule has 0 aliphatic heterocycles. The van der Waals surface area contributed by atoms with Crippen LogP contribution in [0.2, 0.25) is 0 Å². The SMILES string of the molecule is CCCCCCC/C=C\C/C=C\C/C=C\CCCCCCCCC(=O)NC(CO)C(O)/C=C/CC/C=C/CC/C=C/CCCCCCCCCCCCCCC. The average Bonchev–Trinajstić information content (AvgIpc) is 3.20. The lowest BCUT2D eigenvalue weighted by Gasteiger charge is -2.19. The molecule has 0 radical (unpaired) electrons. The molecule has 0 aromatic rings. The van der Waals surface area contributed by atoms with Crippen LogP contribution < -0.4 is 5.32 Å². The zero-order chi connectivity index (χ0) is 40.7. The van der Waals surface area contributed by atoms with E-state index in [1.807, 2.05) is 6.08 Å². The monoisotopic (exact) mass is 780 g/mol. The lowest BCUT2D eigenvalue weighted by molar-refractivity contribution is -0.123. The predicted octanol–water partition coefficient (Wildman–Crippen LogP) is 15.5. The van der Waals surface area contributed by atoms with Crippen molar-refractivity contribution in [3.63, 3.8) is 0 Å². The van der Waals surface area contributed by atoms with Gasteiger partial charge in [0.2, 0.25) is 5.91 Å². The van der Waals surface area contributed by atoms with Crippen LogP contribution in [0.25, 0.3) is 0 Å². The zero-order valence-corrected chi connectivity index (χ0v) is 37.1. The third-order valence-electron chi connectivity index (χ3n) is 10.6. The van der Waals surface area contributed by atoms with Gasteiger partial charge in [0.05, 0.1) is 18.8 Å². The van der Waals surface area contributed by atoms with Crippen LogP contribution in [0.15, 0.2) is 72.9 Å². The Kier molecular flexibility index (Phi) is 45.4. The lowest BCUT2D eigenvalue weighted by Crippen LogP contribution is -2.45. The first-order chi connectivity index (χ1) is 27.7. The van der Waals surface area contributed by atoms with Gasteiger partial charge in [-0.15, -0.1) is 0 Å². The molecule has 0 heterocycles. The smallest absolute Gasteiger partial charge is 0.220 e. The number of hydrogen-bond donors (Lipinski definition) is 3. The summed E-state index contributed by atoms with van der Waals surface area (Å²) in [7, 11) is 0. The van der Waals surface area contributed by atoms with Gasteiger partial charge >= 0.3 is 0 Å². The number of aliphatic hydroxyl groups is 2. The minimum Gasteiger partial charge on any atom is -0.394 e. The predicted molar refractivity (Wildman–Crippen MR) is 248 cm³/mol. The Balaban J connectivity index is 3.67. The standard InChI is InChI=1S/C52H93NO3/c1-3-5-7-9-11-13-15-17-19-21-23-25-26-28-29-31-33-35-37-39-41-43-45-47-51(55)50(49-54)53-52(56)48-46-44-42-40-38-36-34-32-30-27-24-22-20-18-16-14-12-10-8-6-4-2/h16,18,22,24,29-32,37,39,45,47,50-51,54-55H,3-15,17,19-21,23,25-28,33-36,38,40-44,46,48-49H2,1-2H3,(H,53,56)/b18-16-,24-22-,31-29+,32-30-,39-37+,47-45+. The Hall–Kier alpha value is -2.17. The summed E-state index contributed by atoms with van der Waals surface area (Å²) in [6, 6.07) is -0.656. The highest BCUT2D eigenvalue weighted by atomic mass is 16.3. The van der Waals surface area contributed by atoms with Crippen LogP contribution >= 0.6 is 0 Å². The van der Waals surface area contributed by atoms with Gasteiger partial charge < -0.3 is 15.5 Å². The van der Waals surface area contributed by atoms with Crippen molar-refractivity contribution in [3.8, 4) is 0 Å². The molecule has 0 rings (SSSR count). The number of allylic oxidation sites excluding steroid dienone is 11. The van der Waals surface area contributed by atoms with Gasteiger partial charge in [-0.1, -0.05) is 215 Å². The minimum atomic E-state index is -0.880. The maximum Gasteiger partial charge on any atom is 0.220 e. The van der Waals surface area contributed by atoms with Crippen LogP contribution in [0, 0.1) is 0 Å². The van der Waals surface area contributed by atoms with Gasteiger partial charge in [0, 0.05) is 6.42 Å². The molecule has 0 aliphatic rings. The number of amides is 1. The Morgan fingerprint density at radius 1 is 0.429 bits per heavy atom. The molecular formula is C52H93NO3. The number of carbonyl (C=O) groups excluding carboxylic acids is 1. The van der Waals surface area contributed by atoms with Gasteiger partial charge in [-0.2, -0.15) is 0 Å². The summed E-state index contributed by atoms with van der Waals surface area (Å²) < 4.78 is 0. The largest absolute Gasteiger partial charge is 0.394 e. The van der Waals surface area contributed by atoms with Crippen LogP contribution in [0.5, 0.6) is 0 Å². The Morgan fingerprint density at radius 2 is 0.750 bits per heavy atom. The fourth-order valence-electron chi connectivity index (χ4n) is 6.92. The number of aliphatic hydroxyl groups excluding tert-OH is 2. The molecule has 0 aliphatic carbocycles. The summed E-state index contributed by atoms with van der Waals surface area (Å²) in [5, 5.41) is 23.0. The maximum absolute atomic E-state index is 12.4. The highest BCUT2D eigenvalue weighted by molar-refractivity contribution is 5.76. The van der Waals surface area contributed by atoms with Crippen LogP contribution in [0.4, 0.5) is 0 Å². The number of carbonyl (C=O) groups is 1. The summed E-state index contributed by atoms with van der Waals surface area (Å²) in [5.41, 5.74) is 0. The van der Waals surface area contributed by atoms with Gasteiger partial charge in [-0.05, 0) is 83.5 Å². The van der Waals surface area contributed by atoms with E-state index in [1.54, 1.807) is 6.08 Å². The molecule has 0 spiro atoms. The van der Waals surface area contributed by atoms with E-state index in [-0.39, 0.29) is 12.5 Å². The van der Waals surface area contributed by atoms with Gasteiger partial charge in [-0.3, -0.25) is 4.79 Å². The molecule has 56 heavy (non-hydrogen) atoms. The number of unbranched alkanes of at least 4 members (excludes halogenated alkanes) is 26. The Bertz CT molecular complexity index is 977. The second kappa shape index (κ2) is 47.2. The number of rotatable bonds is 43. The van der Waals surface area contributed by atoms with Crippen molar-refractivity contribution < 1.29 is 15.0 Å². The molecule has 0 bridgehead atoms. The molecule has 4 heteroatoms. The molecule has 1 amide bonds. The summed E-state index contributed by atoms with van der Waals surface area (Å²) in [6.45, 7) is 4.28. The highest BCUT2D eigenvalue weighted by Gasteiger charge is 2.17. The van der Waals surface area contributed by atoms with Crippen LogP contribution in [-0.2, 0) is 4.79 Å². The number of hydrogen-bond acceptors (Lipinski definition) is 3. The van der Waals surface area contributed by atoms with Gasteiger partial charge in [0.1, 0.15) is 0 Å². The zero-order valence-electron chi connectivity index (χ0n) is 37.1. The van der Waals surface area contributed by atoms with Gasteiger partial charge in [-0.25, -0.2) is 0 Å². The number of nitrogens with one attached hydrogen (secondary N) is 1. The molecule has 2 atom stereocenters. The fraction of sp³-hybridized carbons (Fsp3) is 0.750. The Morgan fingerprint density at radius 3 is 1.16 bits per heavy atom. The van der Waals surface area contributed by atoms with Crippen molar-refractivity contribution in [1.29, 1.82) is 0 Å². The minimum absolute atomic E-state index is 0.0918. The van der Waals surface area contributed by atoms with E-state index in [0.29, 0.717) is 6.42 Å². The molecule has 0 aromatic heterocycles. The van der Waals surface area contributed by atoms with E-state index in [2.05, 4.69) is 79.9 Å². The lowest BCUT2D eigenvalue weighted by atomic mass is 10.0. The molecule has 0 aromatic carbocycles. The van der Waals surface area contributed by atoms with Crippen molar-refractivity contribution >= 4 is 5.91 Å². The topological polar surface area (TPSA) is 69.6 Å². The van der Waals surface area contributed by atoms with Crippen LogP contribution in [0.3, 0.4) is 0 Å². The molecule has 0 fully saturated rings. The molecule has 3 N–H and O–H groups in total. The van der Waals surface area contributed by atoms with Gasteiger partial charge in [0.15, 0.2) is 0 Å². The summed E-state index contributed by atoms with van der Waals surface area (Å²) >= 11 is 0. The summed E-state index contributed by atoms with van der Waals surface area (Å²) in [5.74, 6) is -0.0918. The Labute approximate surface area is 349 Å². The first-order valence-corrected chi connectivity index (χ1v) is 24.2. The van der Waals surface area contributed by atoms with Gasteiger partial charge in [0.25, 0.3) is 0 Å². The molecular weight excluding hydrogens is 687 g/mol. The van der Waals surface area contributed by atoms with Crippen molar-refractivity contribution in [2.75, 3.05) is 6.61 Å². The van der Waals surface area contributed by atoms with Crippen molar-refractivity contribution in [3.05, 3.63) is 72.9 Å². The summed E-state index contributed by atoms with van der Waals surface area (Å²) in [6.07, 6.45) is 67.4. The first-order valence-electron chi connectivity index (χ1n) is 24.2. The first kappa shape index (κ1) is 53.8. The maximum atomic E-state index is 12.4. The van der Waals surface area contributed by atoms with E-state index in [4.69, 9.17) is 0 Å². The second-order valence-corrected chi connectivity index (χ2v) is 16.2. The normalized spacial score (nSPS) is 13.6. The van der Waals surface area contributed by atoms with E-state index < -0.39 is 12.1 Å². The molecule has 0 saturated carbocycles. The van der Waals surface area contributed by atoms with Crippen LogP contribution in [0.1, 0.15) is 232 Å². The van der Waals surface area contributed by atoms with E-state index in [9.17, 15) is 15.0 Å². The highest BCUT2D eigenvalue weighted by Crippen LogP contribution is 2.14. The second-order valence-electron chi connectivity index (χ2n) is 16.2. The average molecular weight is 780 g/mol. The molecule has 4 nitrogen and oxygen atoms in total. The third-order valence-corrected chi connectivity index (χ3v) is 10.6. The van der Waals surface area contributed by atoms with Crippen molar-refractivity contribution in [2.45, 2.75) is 244 Å². The quantitative estimate of drug-likeness (QED) is 0.0426. The van der Waals surface area contributed by atoms with E-state index in [1.165, 1.54) is 148 Å². The molecule has 0 saturated heterocycles. The summed E-state index contributed by atoms with van der Waals surface area (Å²) in [4.78, 5) is 12.4. The van der Waals surface area contributed by atoms with Crippen molar-refractivity contribution in [2.24, 2.45) is 0 Å². The van der Waals surface area contributed by atoms with E-state index >= 15 is 0 Å². The molecule has 2 unspecified atom stereocenters. The third kappa shape index (κ3) is 43.0.